The molecule has 18 heavy (non-hydrogen) atoms. The van der Waals surface area contributed by atoms with Crippen molar-refractivity contribution in [2.24, 2.45) is 0 Å². The van der Waals surface area contributed by atoms with Gasteiger partial charge >= 0.3 is 5.97 Å². The Bertz CT molecular complexity index is 434. The summed E-state index contributed by atoms with van der Waals surface area (Å²) in [5.74, 6) is -1.20. The Balaban J connectivity index is 2.97. The molecule has 4 heteroatoms. The number of aliphatic carboxylic acids is 1. The summed E-state index contributed by atoms with van der Waals surface area (Å²) in [7, 11) is 0. The number of hydrogen-bond donors (Lipinski definition) is 1. The molecule has 0 aliphatic rings. The molecule has 1 rings (SSSR count). The Morgan fingerprint density at radius 1 is 1.17 bits per heavy atom. The second kappa shape index (κ2) is 6.19. The largest absolute Gasteiger partial charge is 0.480 e. The highest BCUT2D eigenvalue weighted by atomic mass is 16.4. The number of amides is 1. The van der Waals surface area contributed by atoms with E-state index in [9.17, 15) is 9.59 Å². The minimum Gasteiger partial charge on any atom is -0.480 e. The Labute approximate surface area is 107 Å². The van der Waals surface area contributed by atoms with Crippen LogP contribution in [0.1, 0.15) is 34.8 Å². The molecule has 0 radical (unpaired) electrons. The minimum atomic E-state index is -0.985. The van der Waals surface area contributed by atoms with E-state index in [2.05, 4.69) is 0 Å². The molecular formula is C14H19NO3. The maximum atomic E-state index is 12.2. The number of nitrogens with zero attached hydrogens (tertiary/aromatic N) is 1. The standard InChI is InChI=1S/C14H19NO3/c1-4-5-15(9-13(16)17)14(18)12-7-10(2)6-11(3)8-12/h6-8H,4-5,9H2,1-3H3,(H,16,17). The first-order valence-electron chi connectivity index (χ1n) is 6.03. The molecule has 0 heterocycles. The number of rotatable bonds is 5. The molecule has 0 fully saturated rings. The number of carbonyl (C=O) groups is 2. The Morgan fingerprint density at radius 3 is 2.17 bits per heavy atom. The molecular weight excluding hydrogens is 230 g/mol. The van der Waals surface area contributed by atoms with Gasteiger partial charge in [-0.25, -0.2) is 0 Å². The highest BCUT2D eigenvalue weighted by Gasteiger charge is 2.17. The van der Waals surface area contributed by atoms with Crippen molar-refractivity contribution >= 4 is 11.9 Å². The molecule has 0 aromatic heterocycles. The van der Waals surface area contributed by atoms with Crippen LogP contribution in [0, 0.1) is 13.8 Å². The lowest BCUT2D eigenvalue weighted by Crippen LogP contribution is -2.36. The number of benzene rings is 1. The van der Waals surface area contributed by atoms with Crippen molar-refractivity contribution in [1.29, 1.82) is 0 Å². The van der Waals surface area contributed by atoms with Crippen molar-refractivity contribution in [2.75, 3.05) is 13.1 Å². The van der Waals surface area contributed by atoms with Crippen LogP contribution < -0.4 is 0 Å². The summed E-state index contributed by atoms with van der Waals surface area (Å²) >= 11 is 0. The summed E-state index contributed by atoms with van der Waals surface area (Å²) in [4.78, 5) is 24.4. The van der Waals surface area contributed by atoms with Gasteiger partial charge in [0.1, 0.15) is 6.54 Å². The zero-order valence-electron chi connectivity index (χ0n) is 11.1. The number of hydrogen-bond acceptors (Lipinski definition) is 2. The van der Waals surface area contributed by atoms with E-state index < -0.39 is 5.97 Å². The molecule has 1 aromatic carbocycles. The molecule has 1 amide bonds. The smallest absolute Gasteiger partial charge is 0.323 e. The molecule has 1 N–H and O–H groups in total. The van der Waals surface area contributed by atoms with Gasteiger partial charge in [0.25, 0.3) is 5.91 Å². The van der Waals surface area contributed by atoms with Crippen LogP contribution in [-0.2, 0) is 4.79 Å². The van der Waals surface area contributed by atoms with Crippen molar-refractivity contribution in [3.8, 4) is 0 Å². The number of carboxylic acid groups (broad SMARTS) is 1. The number of aryl methyl sites for hydroxylation is 2. The van der Waals surface area contributed by atoms with E-state index in [1.54, 1.807) is 12.1 Å². The first-order valence-corrected chi connectivity index (χ1v) is 6.03. The van der Waals surface area contributed by atoms with Crippen molar-refractivity contribution in [2.45, 2.75) is 27.2 Å². The van der Waals surface area contributed by atoms with Crippen LogP contribution in [0.15, 0.2) is 18.2 Å². The third-order valence-electron chi connectivity index (χ3n) is 2.58. The van der Waals surface area contributed by atoms with E-state index in [0.717, 1.165) is 17.5 Å². The number of carbonyl (C=O) groups excluding carboxylic acids is 1. The summed E-state index contributed by atoms with van der Waals surface area (Å²) in [5.41, 5.74) is 2.57. The lowest BCUT2D eigenvalue weighted by molar-refractivity contribution is -0.137. The fourth-order valence-electron chi connectivity index (χ4n) is 1.97. The van der Waals surface area contributed by atoms with Crippen LogP contribution in [0.25, 0.3) is 0 Å². The monoisotopic (exact) mass is 249 g/mol. The zero-order chi connectivity index (χ0) is 13.7. The quantitative estimate of drug-likeness (QED) is 0.870. The van der Waals surface area contributed by atoms with Crippen LogP contribution in [0.3, 0.4) is 0 Å². The molecule has 1 aromatic rings. The van der Waals surface area contributed by atoms with Gasteiger partial charge in [-0.1, -0.05) is 24.1 Å². The van der Waals surface area contributed by atoms with Crippen molar-refractivity contribution < 1.29 is 14.7 Å². The first-order chi connectivity index (χ1) is 8.43. The van der Waals surface area contributed by atoms with Gasteiger partial charge in [0.2, 0.25) is 0 Å². The fourth-order valence-corrected chi connectivity index (χ4v) is 1.97. The minimum absolute atomic E-state index is 0.217. The summed E-state index contributed by atoms with van der Waals surface area (Å²) in [6.07, 6.45) is 0.740. The van der Waals surface area contributed by atoms with E-state index >= 15 is 0 Å². The Morgan fingerprint density at radius 2 is 1.72 bits per heavy atom. The molecule has 0 aliphatic heterocycles. The number of carboxylic acids is 1. The van der Waals surface area contributed by atoms with Gasteiger partial charge in [0.05, 0.1) is 0 Å². The third-order valence-corrected chi connectivity index (χ3v) is 2.58. The topological polar surface area (TPSA) is 57.6 Å². The Kier molecular flexibility index (Phi) is 4.89. The van der Waals surface area contributed by atoms with E-state index in [-0.39, 0.29) is 12.5 Å². The van der Waals surface area contributed by atoms with Crippen molar-refractivity contribution in [1.82, 2.24) is 4.90 Å². The average Bonchev–Trinajstić information content (AvgIpc) is 2.25. The summed E-state index contributed by atoms with van der Waals surface area (Å²) in [5, 5.41) is 8.82. The van der Waals surface area contributed by atoms with E-state index in [1.807, 2.05) is 26.8 Å². The zero-order valence-corrected chi connectivity index (χ0v) is 11.1. The molecule has 0 spiro atoms. The predicted molar refractivity (Wildman–Crippen MR) is 69.7 cm³/mol. The molecule has 0 bridgehead atoms. The molecule has 0 unspecified atom stereocenters. The van der Waals surface area contributed by atoms with Gasteiger partial charge in [0, 0.05) is 12.1 Å². The lowest BCUT2D eigenvalue weighted by Gasteiger charge is -2.20. The second-order valence-electron chi connectivity index (χ2n) is 4.50. The van der Waals surface area contributed by atoms with Gasteiger partial charge < -0.3 is 10.0 Å². The lowest BCUT2D eigenvalue weighted by atomic mass is 10.1. The third kappa shape index (κ3) is 3.87. The van der Waals surface area contributed by atoms with Crippen LogP contribution in [0.2, 0.25) is 0 Å². The first kappa shape index (κ1) is 14.2. The molecule has 0 saturated heterocycles. The summed E-state index contributed by atoms with van der Waals surface area (Å²) < 4.78 is 0. The summed E-state index contributed by atoms with van der Waals surface area (Å²) in [6, 6.07) is 5.57. The van der Waals surface area contributed by atoms with Gasteiger partial charge in [-0.15, -0.1) is 0 Å². The Hall–Kier alpha value is -1.84. The van der Waals surface area contributed by atoms with Crippen molar-refractivity contribution in [3.63, 3.8) is 0 Å². The highest BCUT2D eigenvalue weighted by molar-refractivity contribution is 5.96. The highest BCUT2D eigenvalue weighted by Crippen LogP contribution is 2.12. The second-order valence-corrected chi connectivity index (χ2v) is 4.50. The van der Waals surface area contributed by atoms with E-state index in [0.29, 0.717) is 12.1 Å². The van der Waals surface area contributed by atoms with E-state index in [1.165, 1.54) is 4.90 Å². The van der Waals surface area contributed by atoms with Crippen LogP contribution in [-0.4, -0.2) is 35.0 Å². The molecule has 0 atom stereocenters. The molecule has 98 valence electrons. The van der Waals surface area contributed by atoms with Gasteiger partial charge in [-0.3, -0.25) is 9.59 Å². The van der Waals surface area contributed by atoms with Gasteiger partial charge in [-0.2, -0.15) is 0 Å². The van der Waals surface area contributed by atoms with Crippen LogP contribution in [0.4, 0.5) is 0 Å². The van der Waals surface area contributed by atoms with Crippen LogP contribution in [0.5, 0.6) is 0 Å². The van der Waals surface area contributed by atoms with Gasteiger partial charge in [0.15, 0.2) is 0 Å². The van der Waals surface area contributed by atoms with Gasteiger partial charge in [-0.05, 0) is 32.4 Å². The fraction of sp³-hybridized carbons (Fsp3) is 0.429. The normalized spacial score (nSPS) is 10.2. The SMILES string of the molecule is CCCN(CC(=O)O)C(=O)c1cc(C)cc(C)c1. The predicted octanol–water partition coefficient (Wildman–Crippen LogP) is 2.24. The van der Waals surface area contributed by atoms with Crippen molar-refractivity contribution in [3.05, 3.63) is 34.9 Å². The molecule has 0 saturated carbocycles. The molecule has 0 aliphatic carbocycles. The van der Waals surface area contributed by atoms with E-state index in [4.69, 9.17) is 5.11 Å². The average molecular weight is 249 g/mol. The van der Waals surface area contributed by atoms with Crippen LogP contribution >= 0.6 is 0 Å². The maximum absolute atomic E-state index is 12.2. The molecule has 4 nitrogen and oxygen atoms in total. The summed E-state index contributed by atoms with van der Waals surface area (Å²) in [6.45, 7) is 5.97. The maximum Gasteiger partial charge on any atom is 0.323 e.